The Morgan fingerprint density at radius 1 is 1.73 bits per heavy atom. The van der Waals surface area contributed by atoms with Crippen molar-refractivity contribution < 1.29 is 9.90 Å². The van der Waals surface area contributed by atoms with Gasteiger partial charge in [0, 0.05) is 0 Å². The molecule has 2 atom stereocenters. The fourth-order valence-corrected chi connectivity index (χ4v) is 0.838. The second-order valence-corrected chi connectivity index (χ2v) is 2.58. The van der Waals surface area contributed by atoms with Crippen molar-refractivity contribution in [1.29, 1.82) is 0 Å². The van der Waals surface area contributed by atoms with Crippen LogP contribution < -0.4 is 0 Å². The average molecular weight is 157 g/mol. The van der Waals surface area contributed by atoms with E-state index in [4.69, 9.17) is 5.11 Å². The lowest BCUT2D eigenvalue weighted by Crippen LogP contribution is -2.25. The van der Waals surface area contributed by atoms with E-state index in [2.05, 4.69) is 4.99 Å². The van der Waals surface area contributed by atoms with Crippen molar-refractivity contribution >= 4 is 12.2 Å². The molecule has 2 unspecified atom stereocenters. The molecule has 11 heavy (non-hydrogen) atoms. The first-order valence-corrected chi connectivity index (χ1v) is 3.84. The van der Waals surface area contributed by atoms with E-state index in [0.717, 1.165) is 6.42 Å². The molecule has 1 N–H and O–H groups in total. The minimum Gasteiger partial charge on any atom is -0.480 e. The maximum Gasteiger partial charge on any atom is 0.328 e. The van der Waals surface area contributed by atoms with Gasteiger partial charge in [0.2, 0.25) is 0 Å². The lowest BCUT2D eigenvalue weighted by Gasteiger charge is -2.13. The summed E-state index contributed by atoms with van der Waals surface area (Å²) in [6, 6.07) is -0.565. The fourth-order valence-electron chi connectivity index (χ4n) is 0.838. The Hall–Kier alpha value is -0.860. The molecular formula is C8H15NO2. The molecule has 0 fully saturated rings. The number of carboxylic acids is 1. The quantitative estimate of drug-likeness (QED) is 0.630. The molecular weight excluding hydrogens is 142 g/mol. The molecule has 0 radical (unpaired) electrons. The summed E-state index contributed by atoms with van der Waals surface area (Å²) in [6.07, 6.45) is 2.39. The van der Waals surface area contributed by atoms with Gasteiger partial charge in [-0.15, -0.1) is 0 Å². The minimum atomic E-state index is -0.836. The van der Waals surface area contributed by atoms with Crippen LogP contribution in [-0.2, 0) is 4.79 Å². The van der Waals surface area contributed by atoms with E-state index < -0.39 is 12.0 Å². The van der Waals surface area contributed by atoms with Gasteiger partial charge in [-0.2, -0.15) is 0 Å². The van der Waals surface area contributed by atoms with Crippen molar-refractivity contribution in [1.82, 2.24) is 0 Å². The molecule has 3 heteroatoms. The zero-order valence-electron chi connectivity index (χ0n) is 7.24. The topological polar surface area (TPSA) is 49.7 Å². The van der Waals surface area contributed by atoms with Gasteiger partial charge in [0.15, 0.2) is 0 Å². The molecule has 0 aliphatic carbocycles. The van der Waals surface area contributed by atoms with Crippen LogP contribution in [0.3, 0.4) is 0 Å². The molecule has 0 heterocycles. The number of rotatable bonds is 4. The highest BCUT2D eigenvalue weighted by atomic mass is 16.4. The third-order valence-corrected chi connectivity index (χ3v) is 1.75. The van der Waals surface area contributed by atoms with Crippen LogP contribution in [0.25, 0.3) is 0 Å². The number of nitrogens with zero attached hydrogens (tertiary/aromatic N) is 1. The summed E-state index contributed by atoms with van der Waals surface area (Å²) in [7, 11) is 0. The van der Waals surface area contributed by atoms with Gasteiger partial charge in [-0.3, -0.25) is 4.99 Å². The Labute approximate surface area is 67.1 Å². The Morgan fingerprint density at radius 3 is 2.55 bits per heavy atom. The number of hydrogen-bond acceptors (Lipinski definition) is 2. The molecule has 64 valence electrons. The molecule has 0 aromatic heterocycles. The van der Waals surface area contributed by atoms with Gasteiger partial charge in [0.05, 0.1) is 0 Å². The molecule has 3 nitrogen and oxygen atoms in total. The number of aliphatic carboxylic acids is 1. The molecule has 0 rings (SSSR count). The summed E-state index contributed by atoms with van der Waals surface area (Å²) in [5.74, 6) is -0.721. The van der Waals surface area contributed by atoms with Crippen LogP contribution in [0.2, 0.25) is 0 Å². The van der Waals surface area contributed by atoms with Gasteiger partial charge in [0.1, 0.15) is 6.04 Å². The Kier molecular flexibility index (Phi) is 4.50. The summed E-state index contributed by atoms with van der Waals surface area (Å²) in [4.78, 5) is 14.4. The van der Waals surface area contributed by atoms with Gasteiger partial charge in [-0.25, -0.2) is 4.79 Å². The SMILES string of the molecule is CC=NC(C(=O)O)C(C)CC. The predicted octanol–water partition coefficient (Wildman–Crippen LogP) is 1.58. The first-order valence-electron chi connectivity index (χ1n) is 3.84. The van der Waals surface area contributed by atoms with Crippen molar-refractivity contribution in [3.05, 3.63) is 0 Å². The molecule has 0 aromatic carbocycles. The summed E-state index contributed by atoms with van der Waals surface area (Å²) < 4.78 is 0. The molecule has 0 saturated heterocycles. The van der Waals surface area contributed by atoms with E-state index >= 15 is 0 Å². The zero-order chi connectivity index (χ0) is 8.85. The Balaban J connectivity index is 4.21. The van der Waals surface area contributed by atoms with Crippen molar-refractivity contribution in [2.24, 2.45) is 10.9 Å². The van der Waals surface area contributed by atoms with Gasteiger partial charge >= 0.3 is 5.97 Å². The van der Waals surface area contributed by atoms with Gasteiger partial charge in [-0.1, -0.05) is 20.3 Å². The molecule has 0 aliphatic heterocycles. The van der Waals surface area contributed by atoms with Crippen LogP contribution in [0.5, 0.6) is 0 Å². The van der Waals surface area contributed by atoms with Crippen LogP contribution in [-0.4, -0.2) is 23.3 Å². The van der Waals surface area contributed by atoms with E-state index in [1.54, 1.807) is 13.1 Å². The van der Waals surface area contributed by atoms with E-state index in [1.807, 2.05) is 13.8 Å². The number of hydrogen-bond donors (Lipinski definition) is 1. The monoisotopic (exact) mass is 157 g/mol. The predicted molar refractivity (Wildman–Crippen MR) is 45.0 cm³/mol. The van der Waals surface area contributed by atoms with Crippen molar-refractivity contribution in [3.63, 3.8) is 0 Å². The van der Waals surface area contributed by atoms with Crippen LogP contribution >= 0.6 is 0 Å². The number of aliphatic imine (C=N–C) groups is 1. The number of carbonyl (C=O) groups is 1. The Morgan fingerprint density at radius 2 is 2.27 bits per heavy atom. The zero-order valence-corrected chi connectivity index (χ0v) is 7.24. The van der Waals surface area contributed by atoms with E-state index in [-0.39, 0.29) is 5.92 Å². The average Bonchev–Trinajstić information content (AvgIpc) is 1.98. The molecule has 0 spiro atoms. The standard InChI is InChI=1S/C8H15NO2/c1-4-6(3)7(8(10)11)9-5-2/h5-7H,4H2,1-3H3,(H,10,11). The highest BCUT2D eigenvalue weighted by Gasteiger charge is 2.20. The highest BCUT2D eigenvalue weighted by Crippen LogP contribution is 2.10. The molecule has 0 aliphatic rings. The first-order chi connectivity index (χ1) is 5.13. The lowest BCUT2D eigenvalue weighted by molar-refractivity contribution is -0.139. The lowest BCUT2D eigenvalue weighted by atomic mass is 10.0. The summed E-state index contributed by atoms with van der Waals surface area (Å²) in [5.41, 5.74) is 0. The molecule has 0 amide bonds. The van der Waals surface area contributed by atoms with Crippen LogP contribution in [0, 0.1) is 5.92 Å². The summed E-state index contributed by atoms with van der Waals surface area (Å²) >= 11 is 0. The van der Waals surface area contributed by atoms with Gasteiger partial charge < -0.3 is 5.11 Å². The highest BCUT2D eigenvalue weighted by molar-refractivity contribution is 5.76. The second kappa shape index (κ2) is 4.88. The fraction of sp³-hybridized carbons (Fsp3) is 0.750. The smallest absolute Gasteiger partial charge is 0.328 e. The molecule has 0 bridgehead atoms. The number of carboxylic acid groups (broad SMARTS) is 1. The third-order valence-electron chi connectivity index (χ3n) is 1.75. The second-order valence-electron chi connectivity index (χ2n) is 2.58. The summed E-state index contributed by atoms with van der Waals surface area (Å²) in [6.45, 7) is 5.59. The largest absolute Gasteiger partial charge is 0.480 e. The van der Waals surface area contributed by atoms with E-state index in [1.165, 1.54) is 0 Å². The maximum atomic E-state index is 10.6. The van der Waals surface area contributed by atoms with Gasteiger partial charge in [-0.05, 0) is 19.1 Å². The van der Waals surface area contributed by atoms with Crippen molar-refractivity contribution in [2.75, 3.05) is 0 Å². The van der Waals surface area contributed by atoms with Crippen LogP contribution in [0.1, 0.15) is 27.2 Å². The normalized spacial score (nSPS) is 16.6. The summed E-state index contributed by atoms with van der Waals surface area (Å²) in [5, 5.41) is 8.69. The van der Waals surface area contributed by atoms with Gasteiger partial charge in [0.25, 0.3) is 0 Å². The van der Waals surface area contributed by atoms with Crippen LogP contribution in [0.15, 0.2) is 4.99 Å². The minimum absolute atomic E-state index is 0.115. The third kappa shape index (κ3) is 3.16. The van der Waals surface area contributed by atoms with E-state index in [9.17, 15) is 4.79 Å². The van der Waals surface area contributed by atoms with Crippen molar-refractivity contribution in [3.8, 4) is 0 Å². The van der Waals surface area contributed by atoms with Crippen molar-refractivity contribution in [2.45, 2.75) is 33.2 Å². The first kappa shape index (κ1) is 10.1. The molecule has 0 saturated carbocycles. The Bertz CT molecular complexity index is 154. The van der Waals surface area contributed by atoms with Crippen LogP contribution in [0.4, 0.5) is 0 Å². The van der Waals surface area contributed by atoms with E-state index in [0.29, 0.717) is 0 Å². The molecule has 0 aromatic rings. The maximum absolute atomic E-state index is 10.6.